The van der Waals surface area contributed by atoms with Crippen LogP contribution in [-0.2, 0) is 9.53 Å². The number of benzene rings is 1. The number of carbonyl (C=O) groups is 1. The molecule has 1 aromatic rings. The van der Waals surface area contributed by atoms with Crippen LogP contribution in [0.3, 0.4) is 0 Å². The van der Waals surface area contributed by atoms with Gasteiger partial charge in [0.05, 0.1) is 11.6 Å². The van der Waals surface area contributed by atoms with Crippen LogP contribution in [-0.4, -0.2) is 24.7 Å². The molecule has 0 saturated heterocycles. The molecule has 0 bridgehead atoms. The second-order valence-electron chi connectivity index (χ2n) is 5.36. The summed E-state index contributed by atoms with van der Waals surface area (Å²) in [5, 5.41) is 3.36. The second-order valence-corrected chi connectivity index (χ2v) is 5.77. The van der Waals surface area contributed by atoms with Crippen LogP contribution < -0.4 is 10.1 Å². The molecule has 4 nitrogen and oxygen atoms in total. The highest BCUT2D eigenvalue weighted by molar-refractivity contribution is 6.32. The molecule has 1 unspecified atom stereocenters. The number of nitrogens with one attached hydrogen (secondary N) is 1. The lowest BCUT2D eigenvalue weighted by molar-refractivity contribution is -0.140. The van der Waals surface area contributed by atoms with Crippen molar-refractivity contribution in [1.29, 1.82) is 0 Å². The molecule has 0 saturated carbocycles. The Hall–Kier alpha value is -1.26. The maximum absolute atomic E-state index is 12.5. The quantitative estimate of drug-likeness (QED) is 0.717. The molecule has 0 radical (unpaired) electrons. The van der Waals surface area contributed by atoms with Gasteiger partial charge in [-0.05, 0) is 44.9 Å². The Bertz CT molecular complexity index is 493. The van der Waals surface area contributed by atoms with Crippen LogP contribution in [0.5, 0.6) is 5.75 Å². The molecule has 1 rings (SSSR count). The first kappa shape index (κ1) is 18.8. The van der Waals surface area contributed by atoms with E-state index in [4.69, 9.17) is 21.1 Å². The summed E-state index contributed by atoms with van der Waals surface area (Å²) in [6, 6.07) is 5.23. The monoisotopic (exact) mass is 327 g/mol. The molecule has 1 aromatic carbocycles. The van der Waals surface area contributed by atoms with E-state index in [2.05, 4.69) is 5.32 Å². The maximum atomic E-state index is 12.5. The normalized spacial score (nSPS) is 13.5. The number of carbonyl (C=O) groups excluding carboxylic acids is 1. The van der Waals surface area contributed by atoms with Crippen molar-refractivity contribution < 1.29 is 14.3 Å². The fourth-order valence-electron chi connectivity index (χ4n) is 2.17. The van der Waals surface area contributed by atoms with E-state index in [9.17, 15) is 4.79 Å². The van der Waals surface area contributed by atoms with Crippen LogP contribution in [0.25, 0.3) is 0 Å². The highest BCUT2D eigenvalue weighted by Crippen LogP contribution is 2.29. The SMILES string of the molecule is CCCOC(C)(CCC)C(=O)Nc1ccc(OCC)c(Cl)c1. The van der Waals surface area contributed by atoms with Gasteiger partial charge < -0.3 is 14.8 Å². The van der Waals surface area contributed by atoms with E-state index in [0.29, 0.717) is 36.1 Å². The van der Waals surface area contributed by atoms with Gasteiger partial charge in [-0.15, -0.1) is 0 Å². The van der Waals surface area contributed by atoms with Gasteiger partial charge in [-0.2, -0.15) is 0 Å². The van der Waals surface area contributed by atoms with E-state index in [-0.39, 0.29) is 5.91 Å². The molecule has 1 N–H and O–H groups in total. The van der Waals surface area contributed by atoms with Gasteiger partial charge in [-0.3, -0.25) is 4.79 Å². The van der Waals surface area contributed by atoms with Crippen molar-refractivity contribution in [3.05, 3.63) is 23.2 Å². The van der Waals surface area contributed by atoms with E-state index < -0.39 is 5.60 Å². The molecular weight excluding hydrogens is 302 g/mol. The first-order valence-electron chi connectivity index (χ1n) is 7.84. The van der Waals surface area contributed by atoms with Crippen molar-refractivity contribution in [2.75, 3.05) is 18.5 Å². The van der Waals surface area contributed by atoms with Crippen molar-refractivity contribution in [1.82, 2.24) is 0 Å². The highest BCUT2D eigenvalue weighted by Gasteiger charge is 2.33. The lowest BCUT2D eigenvalue weighted by atomic mass is 9.99. The number of halogens is 1. The summed E-state index contributed by atoms with van der Waals surface area (Å²) in [7, 11) is 0. The fourth-order valence-corrected chi connectivity index (χ4v) is 2.41. The summed E-state index contributed by atoms with van der Waals surface area (Å²) < 4.78 is 11.2. The molecule has 5 heteroatoms. The summed E-state index contributed by atoms with van der Waals surface area (Å²) in [6.45, 7) is 8.90. The van der Waals surface area contributed by atoms with Crippen molar-refractivity contribution in [2.45, 2.75) is 52.6 Å². The average molecular weight is 328 g/mol. The van der Waals surface area contributed by atoms with Gasteiger partial charge in [-0.25, -0.2) is 0 Å². The zero-order valence-corrected chi connectivity index (χ0v) is 14.6. The molecule has 1 atom stereocenters. The van der Waals surface area contributed by atoms with E-state index in [1.807, 2.05) is 27.7 Å². The maximum Gasteiger partial charge on any atom is 0.256 e. The van der Waals surface area contributed by atoms with Crippen molar-refractivity contribution in [2.24, 2.45) is 0 Å². The molecule has 0 fully saturated rings. The third kappa shape index (κ3) is 5.18. The lowest BCUT2D eigenvalue weighted by Gasteiger charge is -2.28. The Labute approximate surface area is 138 Å². The molecule has 0 aliphatic carbocycles. The van der Waals surface area contributed by atoms with Gasteiger partial charge in [-0.1, -0.05) is 31.9 Å². The minimum Gasteiger partial charge on any atom is -0.492 e. The van der Waals surface area contributed by atoms with Crippen LogP contribution in [0.15, 0.2) is 18.2 Å². The van der Waals surface area contributed by atoms with Crippen molar-refractivity contribution >= 4 is 23.2 Å². The van der Waals surface area contributed by atoms with Gasteiger partial charge in [0.2, 0.25) is 0 Å². The largest absolute Gasteiger partial charge is 0.492 e. The number of anilines is 1. The Morgan fingerprint density at radius 1 is 1.27 bits per heavy atom. The molecular formula is C17H26ClNO3. The van der Waals surface area contributed by atoms with E-state index in [1.54, 1.807) is 18.2 Å². The summed E-state index contributed by atoms with van der Waals surface area (Å²) in [4.78, 5) is 12.5. The molecule has 0 spiro atoms. The van der Waals surface area contributed by atoms with Crippen molar-refractivity contribution in [3.63, 3.8) is 0 Å². The minimum absolute atomic E-state index is 0.150. The smallest absolute Gasteiger partial charge is 0.256 e. The summed E-state index contributed by atoms with van der Waals surface area (Å²) >= 11 is 6.14. The number of hydrogen-bond donors (Lipinski definition) is 1. The van der Waals surface area contributed by atoms with Gasteiger partial charge in [0.1, 0.15) is 11.4 Å². The first-order valence-corrected chi connectivity index (χ1v) is 8.22. The predicted molar refractivity (Wildman–Crippen MR) is 90.8 cm³/mol. The molecule has 22 heavy (non-hydrogen) atoms. The molecule has 0 aliphatic rings. The summed E-state index contributed by atoms with van der Waals surface area (Å²) in [5.41, 5.74) is -0.184. The summed E-state index contributed by atoms with van der Waals surface area (Å²) in [6.07, 6.45) is 2.42. The third-order valence-corrected chi connectivity index (χ3v) is 3.62. The minimum atomic E-state index is -0.824. The fraction of sp³-hybridized carbons (Fsp3) is 0.588. The van der Waals surface area contributed by atoms with Crippen LogP contribution in [0.4, 0.5) is 5.69 Å². The van der Waals surface area contributed by atoms with E-state index in [1.165, 1.54) is 0 Å². The number of hydrogen-bond acceptors (Lipinski definition) is 3. The second kappa shape index (κ2) is 9.01. The van der Waals surface area contributed by atoms with Gasteiger partial charge in [0, 0.05) is 12.3 Å². The topological polar surface area (TPSA) is 47.6 Å². The average Bonchev–Trinajstić information content (AvgIpc) is 2.48. The van der Waals surface area contributed by atoms with Crippen LogP contribution in [0.1, 0.15) is 47.0 Å². The predicted octanol–water partition coefficient (Wildman–Crippen LogP) is 4.66. The molecule has 0 aromatic heterocycles. The molecule has 124 valence electrons. The third-order valence-electron chi connectivity index (χ3n) is 3.32. The zero-order chi connectivity index (χ0) is 16.6. The van der Waals surface area contributed by atoms with Gasteiger partial charge >= 0.3 is 0 Å². The first-order chi connectivity index (χ1) is 10.5. The number of amides is 1. The van der Waals surface area contributed by atoms with Gasteiger partial charge in [0.25, 0.3) is 5.91 Å². The van der Waals surface area contributed by atoms with E-state index in [0.717, 1.165) is 12.8 Å². The van der Waals surface area contributed by atoms with Crippen LogP contribution >= 0.6 is 11.6 Å². The molecule has 1 amide bonds. The standard InChI is InChI=1S/C17H26ClNO3/c1-5-10-17(4,22-11-6-2)16(20)19-13-8-9-15(21-7-3)14(18)12-13/h8-9,12H,5-7,10-11H2,1-4H3,(H,19,20). The van der Waals surface area contributed by atoms with Crippen molar-refractivity contribution in [3.8, 4) is 5.75 Å². The molecule has 0 aliphatic heterocycles. The lowest BCUT2D eigenvalue weighted by Crippen LogP contribution is -2.43. The Morgan fingerprint density at radius 2 is 2.00 bits per heavy atom. The van der Waals surface area contributed by atoms with Crippen LogP contribution in [0.2, 0.25) is 5.02 Å². The number of rotatable bonds is 9. The number of ether oxygens (including phenoxy) is 2. The van der Waals surface area contributed by atoms with Crippen LogP contribution in [0, 0.1) is 0 Å². The Morgan fingerprint density at radius 3 is 2.55 bits per heavy atom. The highest BCUT2D eigenvalue weighted by atomic mass is 35.5. The molecule has 0 heterocycles. The van der Waals surface area contributed by atoms with E-state index >= 15 is 0 Å². The van der Waals surface area contributed by atoms with Gasteiger partial charge in [0.15, 0.2) is 0 Å². The Kier molecular flexibility index (Phi) is 7.69. The Balaban J connectivity index is 2.82. The summed E-state index contributed by atoms with van der Waals surface area (Å²) in [5.74, 6) is 0.462. The zero-order valence-electron chi connectivity index (χ0n) is 13.9.